The van der Waals surface area contributed by atoms with Crippen LogP contribution < -0.4 is 10.6 Å². The zero-order valence-corrected chi connectivity index (χ0v) is 16.5. The maximum atomic E-state index is 13.0. The number of nitrogens with one attached hydrogen (secondary N) is 2. The first-order chi connectivity index (χ1) is 12.6. The molecule has 4 nitrogen and oxygen atoms in total. The van der Waals surface area contributed by atoms with E-state index < -0.39 is 5.54 Å². The molecule has 0 unspecified atom stereocenters. The van der Waals surface area contributed by atoms with E-state index in [0.29, 0.717) is 0 Å². The van der Waals surface area contributed by atoms with E-state index in [1.807, 2.05) is 32.0 Å². The molecular formula is C22H35N3O. The summed E-state index contributed by atoms with van der Waals surface area (Å²) in [4.78, 5) is 15.6. The van der Waals surface area contributed by atoms with Crippen molar-refractivity contribution in [1.82, 2.24) is 10.2 Å². The molecule has 0 bridgehead atoms. The standard InChI is InChI=1S/C22H35N3O/c1-18(2)23-21(26)22(24-20-11-7-4-8-12-20)13-15-25(16-14-22)17-19-9-5-3-6-10-19/h4,7-8,11-12,18-19,24H,3,5-6,9-10,13-17H2,1-2H3,(H,23,26). The summed E-state index contributed by atoms with van der Waals surface area (Å²) in [5, 5.41) is 6.73. The fourth-order valence-electron chi connectivity index (χ4n) is 4.46. The molecular weight excluding hydrogens is 322 g/mol. The van der Waals surface area contributed by atoms with E-state index >= 15 is 0 Å². The molecule has 4 heteroatoms. The van der Waals surface area contributed by atoms with E-state index in [-0.39, 0.29) is 11.9 Å². The molecule has 26 heavy (non-hydrogen) atoms. The van der Waals surface area contributed by atoms with Crippen LogP contribution in [0.5, 0.6) is 0 Å². The second-order valence-electron chi connectivity index (χ2n) is 8.51. The van der Waals surface area contributed by atoms with Crippen molar-refractivity contribution in [3.8, 4) is 0 Å². The van der Waals surface area contributed by atoms with Gasteiger partial charge in [-0.15, -0.1) is 0 Å². The van der Waals surface area contributed by atoms with Gasteiger partial charge in [-0.1, -0.05) is 37.5 Å². The van der Waals surface area contributed by atoms with Crippen LogP contribution in [0.25, 0.3) is 0 Å². The van der Waals surface area contributed by atoms with Crippen LogP contribution in [-0.2, 0) is 4.79 Å². The van der Waals surface area contributed by atoms with Crippen LogP contribution in [0.15, 0.2) is 30.3 Å². The summed E-state index contributed by atoms with van der Waals surface area (Å²) in [6.07, 6.45) is 8.72. The number of piperidine rings is 1. The minimum absolute atomic E-state index is 0.147. The van der Waals surface area contributed by atoms with Crippen molar-refractivity contribution in [1.29, 1.82) is 0 Å². The SMILES string of the molecule is CC(C)NC(=O)C1(Nc2ccccc2)CCN(CC2CCCCC2)CC1. The van der Waals surface area contributed by atoms with Crippen LogP contribution >= 0.6 is 0 Å². The molecule has 1 aliphatic heterocycles. The Balaban J connectivity index is 1.64. The first-order valence-corrected chi connectivity index (χ1v) is 10.4. The average molecular weight is 358 g/mol. The fourth-order valence-corrected chi connectivity index (χ4v) is 4.46. The minimum atomic E-state index is -0.491. The Hall–Kier alpha value is -1.55. The van der Waals surface area contributed by atoms with E-state index in [1.54, 1.807) is 0 Å². The van der Waals surface area contributed by atoms with E-state index in [0.717, 1.165) is 37.5 Å². The molecule has 2 aliphatic rings. The zero-order chi connectivity index (χ0) is 18.4. The van der Waals surface area contributed by atoms with Crippen molar-refractivity contribution < 1.29 is 4.79 Å². The minimum Gasteiger partial charge on any atom is -0.371 e. The summed E-state index contributed by atoms with van der Waals surface area (Å²) >= 11 is 0. The van der Waals surface area contributed by atoms with Crippen molar-refractivity contribution in [2.24, 2.45) is 5.92 Å². The molecule has 2 N–H and O–H groups in total. The molecule has 1 saturated heterocycles. The predicted molar refractivity (Wildman–Crippen MR) is 108 cm³/mol. The third-order valence-electron chi connectivity index (χ3n) is 5.96. The summed E-state index contributed by atoms with van der Waals surface area (Å²) in [6, 6.07) is 10.3. The molecule has 0 spiro atoms. The molecule has 0 aromatic heterocycles. The molecule has 3 rings (SSSR count). The maximum absolute atomic E-state index is 13.0. The monoisotopic (exact) mass is 357 g/mol. The van der Waals surface area contributed by atoms with Gasteiger partial charge in [-0.2, -0.15) is 0 Å². The van der Waals surface area contributed by atoms with Crippen molar-refractivity contribution in [3.63, 3.8) is 0 Å². The Morgan fingerprint density at radius 2 is 1.77 bits per heavy atom. The predicted octanol–water partition coefficient (Wildman–Crippen LogP) is 4.04. The van der Waals surface area contributed by atoms with Crippen molar-refractivity contribution >= 4 is 11.6 Å². The molecule has 1 heterocycles. The highest BCUT2D eigenvalue weighted by Crippen LogP contribution is 2.30. The van der Waals surface area contributed by atoms with Gasteiger partial charge in [0.05, 0.1) is 0 Å². The number of hydrogen-bond acceptors (Lipinski definition) is 3. The highest BCUT2D eigenvalue weighted by molar-refractivity contribution is 5.89. The highest BCUT2D eigenvalue weighted by Gasteiger charge is 2.41. The lowest BCUT2D eigenvalue weighted by molar-refractivity contribution is -0.127. The zero-order valence-electron chi connectivity index (χ0n) is 16.5. The summed E-state index contributed by atoms with van der Waals surface area (Å²) in [6.45, 7) is 7.29. The van der Waals surface area contributed by atoms with Crippen molar-refractivity contribution in [3.05, 3.63) is 30.3 Å². The largest absolute Gasteiger partial charge is 0.371 e. The highest BCUT2D eigenvalue weighted by atomic mass is 16.2. The van der Waals surface area contributed by atoms with Gasteiger partial charge in [0.25, 0.3) is 0 Å². The number of carbonyl (C=O) groups excluding carboxylic acids is 1. The normalized spacial score (nSPS) is 21.5. The van der Waals surface area contributed by atoms with Crippen LogP contribution in [0.2, 0.25) is 0 Å². The third-order valence-corrected chi connectivity index (χ3v) is 5.96. The average Bonchev–Trinajstić information content (AvgIpc) is 2.64. The van der Waals surface area contributed by atoms with Gasteiger partial charge in [-0.05, 0) is 57.6 Å². The Bertz CT molecular complexity index is 558. The molecule has 144 valence electrons. The van der Waals surface area contributed by atoms with Crippen LogP contribution in [0.3, 0.4) is 0 Å². The fraction of sp³-hybridized carbons (Fsp3) is 0.682. The Morgan fingerprint density at radius 3 is 2.38 bits per heavy atom. The number of amides is 1. The van der Waals surface area contributed by atoms with Gasteiger partial charge in [0.15, 0.2) is 0 Å². The van der Waals surface area contributed by atoms with Crippen LogP contribution in [-0.4, -0.2) is 42.0 Å². The molecule has 1 saturated carbocycles. The summed E-state index contributed by atoms with van der Waals surface area (Å²) in [7, 11) is 0. The van der Waals surface area contributed by atoms with Gasteiger partial charge in [-0.25, -0.2) is 0 Å². The smallest absolute Gasteiger partial charge is 0.245 e. The molecule has 1 aromatic carbocycles. The summed E-state index contributed by atoms with van der Waals surface area (Å²) in [5.41, 5.74) is 0.543. The van der Waals surface area contributed by atoms with Gasteiger partial charge in [0.2, 0.25) is 5.91 Å². The van der Waals surface area contributed by atoms with Crippen molar-refractivity contribution in [2.75, 3.05) is 25.0 Å². The molecule has 0 radical (unpaired) electrons. The van der Waals surface area contributed by atoms with Crippen LogP contribution in [0.4, 0.5) is 5.69 Å². The number of para-hydroxylation sites is 1. The topological polar surface area (TPSA) is 44.4 Å². The number of carbonyl (C=O) groups is 1. The molecule has 1 aliphatic carbocycles. The Morgan fingerprint density at radius 1 is 1.12 bits per heavy atom. The van der Waals surface area contributed by atoms with E-state index in [4.69, 9.17) is 0 Å². The second kappa shape index (κ2) is 8.90. The van der Waals surface area contributed by atoms with Gasteiger partial charge in [-0.3, -0.25) is 4.79 Å². The number of hydrogen-bond donors (Lipinski definition) is 2. The van der Waals surface area contributed by atoms with E-state index in [9.17, 15) is 4.79 Å². The molecule has 1 amide bonds. The number of likely N-dealkylation sites (tertiary alicyclic amines) is 1. The summed E-state index contributed by atoms with van der Waals surface area (Å²) in [5.74, 6) is 1.01. The maximum Gasteiger partial charge on any atom is 0.245 e. The Labute approximate surface area is 158 Å². The molecule has 1 aromatic rings. The van der Waals surface area contributed by atoms with E-state index in [1.165, 1.54) is 38.6 Å². The molecule has 2 fully saturated rings. The van der Waals surface area contributed by atoms with Gasteiger partial charge in [0.1, 0.15) is 5.54 Å². The summed E-state index contributed by atoms with van der Waals surface area (Å²) < 4.78 is 0. The Kier molecular flexibility index (Phi) is 6.58. The lowest BCUT2D eigenvalue weighted by Gasteiger charge is -2.43. The van der Waals surface area contributed by atoms with E-state index in [2.05, 4.69) is 27.7 Å². The van der Waals surface area contributed by atoms with Gasteiger partial charge in [0, 0.05) is 31.4 Å². The number of nitrogens with zero attached hydrogens (tertiary/aromatic N) is 1. The van der Waals surface area contributed by atoms with Gasteiger partial charge < -0.3 is 15.5 Å². The number of rotatable bonds is 6. The lowest BCUT2D eigenvalue weighted by atomic mass is 9.84. The van der Waals surface area contributed by atoms with Crippen LogP contribution in [0, 0.1) is 5.92 Å². The lowest BCUT2D eigenvalue weighted by Crippen LogP contribution is -2.59. The third kappa shape index (κ3) is 5.00. The van der Waals surface area contributed by atoms with Crippen molar-refractivity contribution in [2.45, 2.75) is 70.4 Å². The number of anilines is 1. The quantitative estimate of drug-likeness (QED) is 0.808. The van der Waals surface area contributed by atoms with Gasteiger partial charge >= 0.3 is 0 Å². The van der Waals surface area contributed by atoms with Crippen LogP contribution in [0.1, 0.15) is 58.8 Å². The molecule has 0 atom stereocenters. The number of benzene rings is 1. The first kappa shape index (κ1) is 19.2. The first-order valence-electron chi connectivity index (χ1n) is 10.4. The second-order valence-corrected chi connectivity index (χ2v) is 8.51.